The minimum atomic E-state index is -0.959. The summed E-state index contributed by atoms with van der Waals surface area (Å²) in [5.74, 6) is -0.948. The van der Waals surface area contributed by atoms with Gasteiger partial charge in [0.2, 0.25) is 0 Å². The lowest BCUT2D eigenvalue weighted by Crippen LogP contribution is -2.24. The second kappa shape index (κ2) is 10.6. The zero-order chi connectivity index (χ0) is 17.9. The van der Waals surface area contributed by atoms with Gasteiger partial charge in [0.15, 0.2) is 0 Å². The molecule has 0 aliphatic heterocycles. The summed E-state index contributed by atoms with van der Waals surface area (Å²) < 4.78 is 10.3. The molecule has 1 aromatic carbocycles. The molecule has 0 unspecified atom stereocenters. The third kappa shape index (κ3) is 7.44. The molecule has 0 heterocycles. The van der Waals surface area contributed by atoms with Crippen molar-refractivity contribution in [3.05, 3.63) is 41.0 Å². The van der Waals surface area contributed by atoms with Gasteiger partial charge in [0.1, 0.15) is 0 Å². The molecular weight excluding hydrogens is 304 g/mol. The van der Waals surface area contributed by atoms with E-state index >= 15 is 0 Å². The van der Waals surface area contributed by atoms with E-state index in [4.69, 9.17) is 9.47 Å². The molecule has 132 valence electrons. The van der Waals surface area contributed by atoms with Crippen LogP contribution in [0.1, 0.15) is 64.5 Å². The predicted molar refractivity (Wildman–Crippen MR) is 95.3 cm³/mol. The van der Waals surface area contributed by atoms with Crippen molar-refractivity contribution in [3.63, 3.8) is 0 Å². The number of unbranched alkanes of at least 4 members (excludes halogenated alkanes) is 1. The number of ether oxygens (including phenoxy) is 2. The molecule has 0 fully saturated rings. The van der Waals surface area contributed by atoms with Gasteiger partial charge in [0.05, 0.1) is 0 Å². The lowest BCUT2D eigenvalue weighted by molar-refractivity contribution is -0.178. The van der Waals surface area contributed by atoms with E-state index in [2.05, 4.69) is 19.1 Å². The Labute approximate surface area is 144 Å². The summed E-state index contributed by atoms with van der Waals surface area (Å²) in [4.78, 5) is 22.6. The molecular formula is C20H28O4. The first-order valence-corrected chi connectivity index (χ1v) is 8.60. The van der Waals surface area contributed by atoms with Crippen LogP contribution in [0.15, 0.2) is 29.8 Å². The second-order valence-corrected chi connectivity index (χ2v) is 5.87. The van der Waals surface area contributed by atoms with Gasteiger partial charge in [0, 0.05) is 19.4 Å². The molecule has 0 aliphatic rings. The van der Waals surface area contributed by atoms with Gasteiger partial charge < -0.3 is 9.47 Å². The number of esters is 2. The van der Waals surface area contributed by atoms with Crippen molar-refractivity contribution in [3.8, 4) is 0 Å². The molecule has 24 heavy (non-hydrogen) atoms. The van der Waals surface area contributed by atoms with Gasteiger partial charge in [-0.05, 0) is 36.5 Å². The Kier molecular flexibility index (Phi) is 8.84. The van der Waals surface area contributed by atoms with Crippen LogP contribution in [-0.2, 0) is 25.5 Å². The van der Waals surface area contributed by atoms with E-state index in [-0.39, 0.29) is 0 Å². The standard InChI is InChI=1S/C20H28O4/c1-5-7-9-17-10-12-18(13-11-17)14-19(8-6-2)20(23-15(3)21)24-16(4)22/h10-14,20H,5-9H2,1-4H3/b19-14+. The summed E-state index contributed by atoms with van der Waals surface area (Å²) in [6.07, 6.45) is 5.95. The van der Waals surface area contributed by atoms with E-state index in [1.165, 1.54) is 32.3 Å². The molecule has 0 bridgehead atoms. The number of aryl methyl sites for hydroxylation is 1. The van der Waals surface area contributed by atoms with E-state index in [0.29, 0.717) is 6.42 Å². The summed E-state index contributed by atoms with van der Waals surface area (Å²) in [6, 6.07) is 8.30. The number of hydrogen-bond acceptors (Lipinski definition) is 4. The van der Waals surface area contributed by atoms with Crippen molar-refractivity contribution in [1.29, 1.82) is 0 Å². The Morgan fingerprint density at radius 3 is 2.04 bits per heavy atom. The molecule has 0 N–H and O–H groups in total. The third-order valence-corrected chi connectivity index (χ3v) is 3.54. The van der Waals surface area contributed by atoms with Gasteiger partial charge in [-0.2, -0.15) is 0 Å². The number of rotatable bonds is 9. The average Bonchev–Trinajstić information content (AvgIpc) is 2.52. The predicted octanol–water partition coefficient (Wildman–Crippen LogP) is 4.67. The minimum absolute atomic E-state index is 0.474. The van der Waals surface area contributed by atoms with Gasteiger partial charge in [-0.3, -0.25) is 9.59 Å². The molecule has 4 heteroatoms. The number of carbonyl (C=O) groups is 2. The van der Waals surface area contributed by atoms with Crippen LogP contribution in [0.5, 0.6) is 0 Å². The van der Waals surface area contributed by atoms with Gasteiger partial charge in [0.25, 0.3) is 6.29 Å². The van der Waals surface area contributed by atoms with Crippen molar-refractivity contribution >= 4 is 18.0 Å². The first-order chi connectivity index (χ1) is 11.5. The molecule has 1 aromatic rings. The summed E-state index contributed by atoms with van der Waals surface area (Å²) in [5.41, 5.74) is 3.09. The van der Waals surface area contributed by atoms with Crippen LogP contribution in [0.2, 0.25) is 0 Å². The lowest BCUT2D eigenvalue weighted by atomic mass is 10.0. The van der Waals surface area contributed by atoms with Crippen molar-refractivity contribution < 1.29 is 19.1 Å². The van der Waals surface area contributed by atoms with Crippen LogP contribution >= 0.6 is 0 Å². The van der Waals surface area contributed by atoms with Crippen molar-refractivity contribution in [1.82, 2.24) is 0 Å². The lowest BCUT2D eigenvalue weighted by Gasteiger charge is -2.19. The van der Waals surface area contributed by atoms with Gasteiger partial charge >= 0.3 is 11.9 Å². The van der Waals surface area contributed by atoms with Crippen LogP contribution < -0.4 is 0 Å². The fourth-order valence-corrected chi connectivity index (χ4v) is 2.40. The summed E-state index contributed by atoms with van der Waals surface area (Å²) in [6.45, 7) is 6.82. The quantitative estimate of drug-likeness (QED) is 0.487. The van der Waals surface area contributed by atoms with Gasteiger partial charge in [-0.1, -0.05) is 51.0 Å². The minimum Gasteiger partial charge on any atom is -0.421 e. The molecule has 0 saturated carbocycles. The maximum Gasteiger partial charge on any atom is 0.305 e. The van der Waals surface area contributed by atoms with Crippen LogP contribution in [-0.4, -0.2) is 18.2 Å². The van der Waals surface area contributed by atoms with Crippen molar-refractivity contribution in [2.75, 3.05) is 0 Å². The Morgan fingerprint density at radius 2 is 1.58 bits per heavy atom. The van der Waals surface area contributed by atoms with Crippen LogP contribution in [0, 0.1) is 0 Å². The van der Waals surface area contributed by atoms with Crippen molar-refractivity contribution in [2.24, 2.45) is 0 Å². The highest BCUT2D eigenvalue weighted by Gasteiger charge is 2.20. The topological polar surface area (TPSA) is 52.6 Å². The highest BCUT2D eigenvalue weighted by atomic mass is 16.7. The maximum absolute atomic E-state index is 11.3. The van der Waals surface area contributed by atoms with Crippen LogP contribution in [0.4, 0.5) is 0 Å². The summed E-state index contributed by atoms with van der Waals surface area (Å²) in [7, 11) is 0. The SMILES string of the molecule is CCCCc1ccc(/C=C(\CCC)C(OC(C)=O)OC(C)=O)cc1. The summed E-state index contributed by atoms with van der Waals surface area (Å²) >= 11 is 0. The molecule has 0 atom stereocenters. The second-order valence-electron chi connectivity index (χ2n) is 5.87. The highest BCUT2D eigenvalue weighted by Crippen LogP contribution is 2.20. The molecule has 0 aliphatic carbocycles. The molecule has 0 aromatic heterocycles. The molecule has 0 spiro atoms. The highest BCUT2D eigenvalue weighted by molar-refractivity contribution is 5.69. The molecule has 0 saturated heterocycles. The number of hydrogen-bond donors (Lipinski definition) is 0. The fourth-order valence-electron chi connectivity index (χ4n) is 2.40. The Balaban J connectivity index is 2.99. The van der Waals surface area contributed by atoms with Crippen LogP contribution in [0.3, 0.4) is 0 Å². The van der Waals surface area contributed by atoms with E-state index in [1.807, 2.05) is 25.1 Å². The first-order valence-electron chi connectivity index (χ1n) is 8.60. The summed E-state index contributed by atoms with van der Waals surface area (Å²) in [5, 5.41) is 0. The zero-order valence-electron chi connectivity index (χ0n) is 15.1. The fraction of sp³-hybridized carbons (Fsp3) is 0.500. The largest absolute Gasteiger partial charge is 0.421 e. The van der Waals surface area contributed by atoms with Gasteiger partial charge in [-0.15, -0.1) is 0 Å². The van der Waals surface area contributed by atoms with Crippen LogP contribution in [0.25, 0.3) is 6.08 Å². The molecule has 0 radical (unpaired) electrons. The van der Waals surface area contributed by atoms with E-state index < -0.39 is 18.2 Å². The number of carbonyl (C=O) groups excluding carboxylic acids is 2. The van der Waals surface area contributed by atoms with E-state index in [9.17, 15) is 9.59 Å². The Bertz CT molecular complexity index is 542. The van der Waals surface area contributed by atoms with E-state index in [0.717, 1.165) is 24.0 Å². The maximum atomic E-state index is 11.3. The molecule has 0 amide bonds. The zero-order valence-corrected chi connectivity index (χ0v) is 15.1. The third-order valence-electron chi connectivity index (χ3n) is 3.54. The molecule has 4 nitrogen and oxygen atoms in total. The first kappa shape index (κ1) is 19.9. The average molecular weight is 332 g/mol. The van der Waals surface area contributed by atoms with E-state index in [1.54, 1.807) is 0 Å². The van der Waals surface area contributed by atoms with Gasteiger partial charge in [-0.25, -0.2) is 0 Å². The Hall–Kier alpha value is -2.10. The molecule has 1 rings (SSSR count). The van der Waals surface area contributed by atoms with Crippen molar-refractivity contribution in [2.45, 2.75) is 66.1 Å². The normalized spacial score (nSPS) is 11.5. The number of benzene rings is 1. The Morgan fingerprint density at radius 1 is 1.00 bits per heavy atom. The monoisotopic (exact) mass is 332 g/mol. The smallest absolute Gasteiger partial charge is 0.305 e.